The van der Waals surface area contributed by atoms with Crippen LogP contribution in [0.5, 0.6) is 0 Å². The Kier molecular flexibility index (Phi) is 7.59. The van der Waals surface area contributed by atoms with Gasteiger partial charge in [0.25, 0.3) is 0 Å². The van der Waals surface area contributed by atoms with Gasteiger partial charge >= 0.3 is 6.18 Å². The first-order valence-electron chi connectivity index (χ1n) is 14.2. The summed E-state index contributed by atoms with van der Waals surface area (Å²) in [5.74, 6) is -0.484. The molecule has 1 unspecified atom stereocenters. The van der Waals surface area contributed by atoms with Crippen LogP contribution in [0.3, 0.4) is 0 Å². The van der Waals surface area contributed by atoms with Crippen LogP contribution >= 0.6 is 0 Å². The Balaban J connectivity index is 1.51. The lowest BCUT2D eigenvalue weighted by Crippen LogP contribution is -2.45. The smallest absolute Gasteiger partial charge is 0.378 e. The monoisotopic (exact) mass is 597 g/mol. The van der Waals surface area contributed by atoms with Crippen molar-refractivity contribution >= 4 is 30.1 Å². The number of nitriles is 1. The summed E-state index contributed by atoms with van der Waals surface area (Å²) in [5, 5.41) is 18.3. The highest BCUT2D eigenvalue weighted by molar-refractivity contribution is 6.19. The largest absolute Gasteiger partial charge is 0.418 e. The van der Waals surface area contributed by atoms with Gasteiger partial charge < -0.3 is 16.1 Å². The summed E-state index contributed by atoms with van der Waals surface area (Å²) in [6, 6.07) is 19.4. The minimum atomic E-state index is -4.78. The van der Waals surface area contributed by atoms with Crippen LogP contribution in [0, 0.1) is 17.1 Å². The molecule has 0 bridgehead atoms. The molecule has 2 atom stereocenters. The van der Waals surface area contributed by atoms with Crippen LogP contribution in [-0.2, 0) is 11.6 Å². The number of halogens is 4. The van der Waals surface area contributed by atoms with Gasteiger partial charge in [-0.1, -0.05) is 49.4 Å². The molecule has 4 aromatic rings. The fourth-order valence-corrected chi connectivity index (χ4v) is 5.43. The molecule has 2 radical (unpaired) electrons. The number of pyridine rings is 1. The van der Waals surface area contributed by atoms with E-state index >= 15 is 0 Å². The highest BCUT2D eigenvalue weighted by Crippen LogP contribution is 2.42. The van der Waals surface area contributed by atoms with Gasteiger partial charge in [0.2, 0.25) is 0 Å². The molecule has 222 valence electrons. The molecule has 1 aliphatic carbocycles. The van der Waals surface area contributed by atoms with Gasteiger partial charge in [-0.15, -0.1) is 5.53 Å². The van der Waals surface area contributed by atoms with Crippen molar-refractivity contribution in [3.63, 3.8) is 0 Å². The van der Waals surface area contributed by atoms with E-state index in [4.69, 9.17) is 7.85 Å². The molecule has 2 heterocycles. The number of fused-ring (bicyclic) bond motifs is 1. The van der Waals surface area contributed by atoms with Crippen LogP contribution in [0.15, 0.2) is 84.8 Å². The molecule has 2 aliphatic rings. The number of rotatable bonds is 9. The average Bonchev–Trinajstić information content (AvgIpc) is 3.75. The van der Waals surface area contributed by atoms with Crippen molar-refractivity contribution in [1.29, 1.82) is 5.26 Å². The molecule has 0 saturated heterocycles. The van der Waals surface area contributed by atoms with Gasteiger partial charge in [-0.25, -0.2) is 4.39 Å². The van der Waals surface area contributed by atoms with Crippen LogP contribution in [0.25, 0.3) is 10.9 Å². The van der Waals surface area contributed by atoms with Crippen molar-refractivity contribution in [2.75, 3.05) is 10.6 Å². The van der Waals surface area contributed by atoms with E-state index in [1.807, 2.05) is 42.3 Å². The first kappa shape index (κ1) is 29.3. The Morgan fingerprint density at radius 1 is 1.11 bits per heavy atom. The summed E-state index contributed by atoms with van der Waals surface area (Å²) >= 11 is 0. The molecule has 12 heteroatoms. The number of nitrogens with one attached hydrogen (secondary N) is 4. The fourth-order valence-electron chi connectivity index (χ4n) is 5.43. The van der Waals surface area contributed by atoms with Crippen molar-refractivity contribution in [1.82, 2.24) is 21.0 Å². The quantitative estimate of drug-likeness (QED) is 0.128. The lowest BCUT2D eigenvalue weighted by molar-refractivity contribution is -0.136. The zero-order valence-electron chi connectivity index (χ0n) is 23.7. The van der Waals surface area contributed by atoms with E-state index in [0.29, 0.717) is 17.7 Å². The van der Waals surface area contributed by atoms with Crippen LogP contribution < -0.4 is 21.6 Å². The van der Waals surface area contributed by atoms with Gasteiger partial charge in [-0.3, -0.25) is 9.99 Å². The molecule has 7 nitrogen and oxygen atoms in total. The second-order valence-electron chi connectivity index (χ2n) is 11.0. The SMILES string of the molecule is [B]C(Nc1cc(C(F)(F)F)c2ncc(C#N)c(N[C@H](CC)c3ccccc3)c2c1)(C1=CN(C2CC2)NN1)c1ccc(F)cc1. The summed E-state index contributed by atoms with van der Waals surface area (Å²) in [5.41, 5.74) is 5.25. The molecule has 44 heavy (non-hydrogen) atoms. The van der Waals surface area contributed by atoms with Crippen molar-refractivity contribution in [2.45, 2.75) is 49.9 Å². The highest BCUT2D eigenvalue weighted by Gasteiger charge is 2.39. The van der Waals surface area contributed by atoms with Crippen molar-refractivity contribution in [3.8, 4) is 6.07 Å². The van der Waals surface area contributed by atoms with Gasteiger partial charge in [0.1, 0.15) is 19.7 Å². The van der Waals surface area contributed by atoms with Gasteiger partial charge in [0, 0.05) is 29.5 Å². The zero-order chi connectivity index (χ0) is 31.1. The van der Waals surface area contributed by atoms with Gasteiger partial charge in [0.15, 0.2) is 0 Å². The Morgan fingerprint density at radius 2 is 1.84 bits per heavy atom. The lowest BCUT2D eigenvalue weighted by atomic mass is 9.69. The molecule has 1 fully saturated rings. The molecule has 1 saturated carbocycles. The van der Waals surface area contributed by atoms with E-state index in [-0.39, 0.29) is 39.9 Å². The number of aromatic nitrogens is 1. The Hall–Kier alpha value is -4.76. The molecule has 0 amide bonds. The number of hydrogen-bond acceptors (Lipinski definition) is 7. The molecule has 6 rings (SSSR count). The highest BCUT2D eigenvalue weighted by atomic mass is 19.4. The summed E-state index contributed by atoms with van der Waals surface area (Å²) in [6.07, 6.45) is 0.691. The maximum atomic E-state index is 14.6. The number of hydrogen-bond donors (Lipinski definition) is 4. The topological polar surface area (TPSA) is 88.0 Å². The summed E-state index contributed by atoms with van der Waals surface area (Å²) in [4.78, 5) is 4.08. The maximum absolute atomic E-state index is 14.6. The Bertz CT molecular complexity index is 1750. The third-order valence-electron chi connectivity index (χ3n) is 7.92. The maximum Gasteiger partial charge on any atom is 0.418 e. The van der Waals surface area contributed by atoms with Crippen LogP contribution in [0.2, 0.25) is 0 Å². The predicted octanol–water partition coefficient (Wildman–Crippen LogP) is 6.59. The Morgan fingerprint density at radius 3 is 2.48 bits per heavy atom. The number of nitrogens with zero attached hydrogens (tertiary/aromatic N) is 3. The van der Waals surface area contributed by atoms with E-state index < -0.39 is 23.0 Å². The van der Waals surface area contributed by atoms with E-state index in [1.165, 1.54) is 30.3 Å². The Labute approximate surface area is 253 Å². The zero-order valence-corrected chi connectivity index (χ0v) is 23.7. The third kappa shape index (κ3) is 5.63. The van der Waals surface area contributed by atoms with Gasteiger partial charge in [-0.05, 0) is 54.7 Å². The first-order chi connectivity index (χ1) is 21.1. The molecule has 3 aromatic carbocycles. The van der Waals surface area contributed by atoms with Crippen molar-refractivity contribution in [3.05, 3.63) is 113 Å². The van der Waals surface area contributed by atoms with Crippen LogP contribution in [0.1, 0.15) is 54.5 Å². The van der Waals surface area contributed by atoms with Crippen molar-refractivity contribution in [2.24, 2.45) is 0 Å². The molecular formula is C32H28BF4N7. The van der Waals surface area contributed by atoms with E-state index in [1.54, 1.807) is 6.20 Å². The summed E-state index contributed by atoms with van der Waals surface area (Å²) in [7, 11) is 6.97. The van der Waals surface area contributed by atoms with E-state index in [9.17, 15) is 22.8 Å². The number of anilines is 2. The molecule has 4 N–H and O–H groups in total. The van der Waals surface area contributed by atoms with E-state index in [0.717, 1.165) is 30.7 Å². The molecule has 0 spiro atoms. The molecule has 1 aromatic heterocycles. The van der Waals surface area contributed by atoms with E-state index in [2.05, 4.69) is 32.6 Å². The minimum Gasteiger partial charge on any atom is -0.378 e. The van der Waals surface area contributed by atoms with Crippen LogP contribution in [-0.4, -0.2) is 23.9 Å². The summed E-state index contributed by atoms with van der Waals surface area (Å²) < 4.78 is 57.7. The lowest BCUT2D eigenvalue weighted by Gasteiger charge is -2.34. The fraction of sp³-hybridized carbons (Fsp3) is 0.250. The average molecular weight is 597 g/mol. The van der Waals surface area contributed by atoms with Gasteiger partial charge in [0.05, 0.1) is 39.5 Å². The summed E-state index contributed by atoms with van der Waals surface area (Å²) in [6.45, 7) is 1.95. The molecule has 1 aliphatic heterocycles. The normalized spacial score (nSPS) is 16.9. The second kappa shape index (κ2) is 11.4. The second-order valence-corrected chi connectivity index (χ2v) is 11.0. The predicted molar refractivity (Wildman–Crippen MR) is 161 cm³/mol. The van der Waals surface area contributed by atoms with Crippen LogP contribution in [0.4, 0.5) is 28.9 Å². The third-order valence-corrected chi connectivity index (χ3v) is 7.92. The standard InChI is InChI=1S/C32H28BF4N7/c1-2-27(19-6-4-3-5-7-19)40-29-20(16-38)17-39-30-25(29)14-23(15-26(30)32(35,36)37)41-31(33,21-8-10-22(34)11-9-21)28-18-44(43-42-28)24-12-13-24/h3-11,14-15,17-18,24,27,41-43H,2,12-13H2,1H3,(H,39,40)/t27-,31?/m1/s1. The number of alkyl halides is 3. The van der Waals surface area contributed by atoms with Gasteiger partial charge in [-0.2, -0.15) is 18.4 Å². The number of hydrazine groups is 2. The number of benzene rings is 3. The molecular weight excluding hydrogens is 569 g/mol. The first-order valence-corrected chi connectivity index (χ1v) is 14.2. The minimum absolute atomic E-state index is 0.0249. The van der Waals surface area contributed by atoms with Crippen molar-refractivity contribution < 1.29 is 17.6 Å².